The summed E-state index contributed by atoms with van der Waals surface area (Å²) >= 11 is 0. The highest BCUT2D eigenvalue weighted by Crippen LogP contribution is 2.27. The number of ketones is 1. The average Bonchev–Trinajstić information content (AvgIpc) is 2.59. The molecule has 0 atom stereocenters. The number of carbonyl (C=O) groups is 2. The highest BCUT2D eigenvalue weighted by Gasteiger charge is 2.18. The first-order valence-electron chi connectivity index (χ1n) is 8.29. The Morgan fingerprint density at radius 3 is 2.23 bits per heavy atom. The largest absolute Gasteiger partial charge is 0.497 e. The molecule has 0 saturated heterocycles. The molecule has 138 valence electrons. The quantitative estimate of drug-likeness (QED) is 0.574. The fourth-order valence-corrected chi connectivity index (χ4v) is 3.17. The lowest BCUT2D eigenvalue weighted by molar-refractivity contribution is 0.0468. The van der Waals surface area contributed by atoms with Crippen molar-refractivity contribution >= 4 is 11.8 Å². The molecule has 0 radical (unpaired) electrons. The van der Waals surface area contributed by atoms with Gasteiger partial charge in [-0.25, -0.2) is 4.79 Å². The van der Waals surface area contributed by atoms with Crippen LogP contribution in [0.25, 0.3) is 0 Å². The van der Waals surface area contributed by atoms with E-state index in [0.29, 0.717) is 22.6 Å². The van der Waals surface area contributed by atoms with E-state index >= 15 is 0 Å². The Bertz CT molecular complexity index is 852. The van der Waals surface area contributed by atoms with Crippen molar-refractivity contribution in [2.24, 2.45) is 0 Å². The second-order valence-electron chi connectivity index (χ2n) is 6.19. The number of hydrogen-bond acceptors (Lipinski definition) is 5. The summed E-state index contributed by atoms with van der Waals surface area (Å²) in [4.78, 5) is 24.4. The van der Waals surface area contributed by atoms with Crippen LogP contribution in [0.15, 0.2) is 24.3 Å². The molecule has 2 aromatic carbocycles. The Morgan fingerprint density at radius 2 is 1.65 bits per heavy atom. The number of ether oxygens (including phenoxy) is 3. The maximum Gasteiger partial charge on any atom is 0.342 e. The summed E-state index contributed by atoms with van der Waals surface area (Å²) in [5.74, 6) is 0.489. The van der Waals surface area contributed by atoms with E-state index in [9.17, 15) is 9.59 Å². The minimum atomic E-state index is -0.492. The number of aryl methyl sites for hydroxylation is 2. The van der Waals surface area contributed by atoms with Gasteiger partial charge in [0.2, 0.25) is 0 Å². The number of benzene rings is 2. The van der Waals surface area contributed by atoms with Crippen LogP contribution < -0.4 is 9.47 Å². The van der Waals surface area contributed by atoms with E-state index in [1.165, 1.54) is 7.11 Å². The van der Waals surface area contributed by atoms with Gasteiger partial charge in [0.05, 0.1) is 14.2 Å². The van der Waals surface area contributed by atoms with Crippen LogP contribution in [-0.4, -0.2) is 26.0 Å². The van der Waals surface area contributed by atoms with E-state index < -0.39 is 5.97 Å². The number of carbonyl (C=O) groups excluding carboxylic acids is 2. The summed E-state index contributed by atoms with van der Waals surface area (Å²) in [7, 11) is 3.03. The second-order valence-corrected chi connectivity index (χ2v) is 6.19. The molecule has 0 aliphatic rings. The van der Waals surface area contributed by atoms with Crippen LogP contribution in [0.5, 0.6) is 11.5 Å². The normalized spacial score (nSPS) is 10.4. The molecule has 0 aromatic heterocycles. The molecule has 5 nitrogen and oxygen atoms in total. The van der Waals surface area contributed by atoms with Crippen molar-refractivity contribution in [1.29, 1.82) is 0 Å². The molecule has 0 aliphatic carbocycles. The zero-order chi connectivity index (χ0) is 19.4. The van der Waals surface area contributed by atoms with Crippen molar-refractivity contribution in [1.82, 2.24) is 0 Å². The van der Waals surface area contributed by atoms with Gasteiger partial charge < -0.3 is 14.2 Å². The molecule has 0 amide bonds. The minimum Gasteiger partial charge on any atom is -0.497 e. The van der Waals surface area contributed by atoms with Crippen molar-refractivity contribution in [3.05, 3.63) is 57.6 Å². The maximum absolute atomic E-state index is 12.5. The van der Waals surface area contributed by atoms with Crippen LogP contribution in [0.4, 0.5) is 0 Å². The molecule has 0 bridgehead atoms. The topological polar surface area (TPSA) is 61.8 Å². The van der Waals surface area contributed by atoms with Gasteiger partial charge in [-0.1, -0.05) is 6.07 Å². The zero-order valence-corrected chi connectivity index (χ0v) is 16.1. The first-order valence-corrected chi connectivity index (χ1v) is 8.29. The van der Waals surface area contributed by atoms with E-state index in [1.54, 1.807) is 32.2 Å². The van der Waals surface area contributed by atoms with Crippen LogP contribution in [0, 0.1) is 20.8 Å². The molecule has 26 heavy (non-hydrogen) atoms. The first-order chi connectivity index (χ1) is 12.3. The number of hydrogen-bond donors (Lipinski definition) is 0. The number of methoxy groups -OCH3 is 2. The third-order valence-electron chi connectivity index (χ3n) is 4.46. The van der Waals surface area contributed by atoms with Crippen molar-refractivity contribution in [2.75, 3.05) is 14.2 Å². The lowest BCUT2D eigenvalue weighted by atomic mass is 9.92. The van der Waals surface area contributed by atoms with E-state index in [4.69, 9.17) is 14.2 Å². The molecule has 5 heteroatoms. The highest BCUT2D eigenvalue weighted by atomic mass is 16.5. The van der Waals surface area contributed by atoms with Gasteiger partial charge in [-0.15, -0.1) is 0 Å². The Kier molecular flexibility index (Phi) is 6.03. The van der Waals surface area contributed by atoms with E-state index in [2.05, 4.69) is 0 Å². The van der Waals surface area contributed by atoms with E-state index in [1.807, 2.05) is 26.8 Å². The molecule has 0 aliphatic heterocycles. The molecular weight excluding hydrogens is 332 g/mol. The summed E-state index contributed by atoms with van der Waals surface area (Å²) in [5.41, 5.74) is 4.62. The first kappa shape index (κ1) is 19.5. The molecule has 0 heterocycles. The van der Waals surface area contributed by atoms with Crippen LogP contribution in [0.2, 0.25) is 0 Å². The van der Waals surface area contributed by atoms with Gasteiger partial charge in [-0.2, -0.15) is 0 Å². The van der Waals surface area contributed by atoms with Gasteiger partial charge in [-0.3, -0.25) is 4.79 Å². The van der Waals surface area contributed by atoms with Crippen molar-refractivity contribution < 1.29 is 23.8 Å². The van der Waals surface area contributed by atoms with Gasteiger partial charge in [-0.05, 0) is 62.1 Å². The van der Waals surface area contributed by atoms with E-state index in [-0.39, 0.29) is 12.4 Å². The summed E-state index contributed by atoms with van der Waals surface area (Å²) in [5, 5.41) is 0. The number of Topliss-reactive ketones (excluding diaryl/α,β-unsaturated/α-hetero) is 1. The number of esters is 1. The highest BCUT2D eigenvalue weighted by molar-refractivity contribution is 5.97. The summed E-state index contributed by atoms with van der Waals surface area (Å²) in [6.45, 7) is 7.37. The minimum absolute atomic E-state index is 0.00407. The summed E-state index contributed by atoms with van der Waals surface area (Å²) < 4.78 is 15.9. The van der Waals surface area contributed by atoms with Gasteiger partial charge in [0.25, 0.3) is 0 Å². The van der Waals surface area contributed by atoms with Crippen LogP contribution in [-0.2, 0) is 11.3 Å². The van der Waals surface area contributed by atoms with Gasteiger partial charge in [0.1, 0.15) is 23.7 Å². The third kappa shape index (κ3) is 3.87. The SMILES string of the molecule is COc1ccc(C(=O)OCc2c(C)cc(C)c(C(C)=O)c2C)c(OC)c1. The Balaban J connectivity index is 2.28. The Morgan fingerprint density at radius 1 is 0.962 bits per heavy atom. The van der Waals surface area contributed by atoms with Crippen LogP contribution in [0.1, 0.15) is 49.9 Å². The van der Waals surface area contributed by atoms with Gasteiger partial charge in [0, 0.05) is 11.6 Å². The molecule has 2 rings (SSSR count). The lowest BCUT2D eigenvalue weighted by Gasteiger charge is -2.16. The van der Waals surface area contributed by atoms with Crippen LogP contribution in [0.3, 0.4) is 0 Å². The smallest absolute Gasteiger partial charge is 0.342 e. The molecule has 0 N–H and O–H groups in total. The molecular formula is C21H24O5. The Labute approximate surface area is 153 Å². The standard InChI is InChI=1S/C21H24O5/c1-12-9-13(2)20(15(4)22)14(3)18(12)11-26-21(23)17-8-7-16(24-5)10-19(17)25-6/h7-10H,11H2,1-6H3. The van der Waals surface area contributed by atoms with E-state index in [0.717, 1.165) is 22.3 Å². The maximum atomic E-state index is 12.5. The summed E-state index contributed by atoms with van der Waals surface area (Å²) in [6, 6.07) is 6.86. The molecule has 0 saturated carbocycles. The fourth-order valence-electron chi connectivity index (χ4n) is 3.17. The monoisotopic (exact) mass is 356 g/mol. The zero-order valence-electron chi connectivity index (χ0n) is 16.1. The van der Waals surface area contributed by atoms with Gasteiger partial charge in [0.15, 0.2) is 5.78 Å². The van der Waals surface area contributed by atoms with Crippen molar-refractivity contribution in [3.63, 3.8) is 0 Å². The van der Waals surface area contributed by atoms with Crippen molar-refractivity contribution in [2.45, 2.75) is 34.3 Å². The predicted molar refractivity (Wildman–Crippen MR) is 99.3 cm³/mol. The lowest BCUT2D eigenvalue weighted by Crippen LogP contribution is -2.11. The molecule has 2 aromatic rings. The fraction of sp³-hybridized carbons (Fsp3) is 0.333. The van der Waals surface area contributed by atoms with Gasteiger partial charge >= 0.3 is 5.97 Å². The molecule has 0 spiro atoms. The third-order valence-corrected chi connectivity index (χ3v) is 4.46. The summed E-state index contributed by atoms with van der Waals surface area (Å²) in [6.07, 6.45) is 0. The predicted octanol–water partition coefficient (Wildman–Crippen LogP) is 4.19. The number of rotatable bonds is 6. The molecule has 0 fully saturated rings. The van der Waals surface area contributed by atoms with Crippen molar-refractivity contribution in [3.8, 4) is 11.5 Å². The van der Waals surface area contributed by atoms with Crippen LogP contribution >= 0.6 is 0 Å². The second kappa shape index (κ2) is 8.04. The Hall–Kier alpha value is -2.82. The molecule has 0 unspecified atom stereocenters. The average molecular weight is 356 g/mol.